The van der Waals surface area contributed by atoms with Crippen LogP contribution < -0.4 is 4.74 Å². The molecule has 3 rings (SSSR count). The number of rotatable bonds is 10. The fourth-order valence-electron chi connectivity index (χ4n) is 3.19. The van der Waals surface area contributed by atoms with Gasteiger partial charge in [-0.25, -0.2) is 0 Å². The number of nitrogens with zero attached hydrogens (tertiary/aromatic N) is 1. The molecule has 1 N–H and O–H groups in total. The highest BCUT2D eigenvalue weighted by Crippen LogP contribution is 2.13. The maximum absolute atomic E-state index is 10.5. The van der Waals surface area contributed by atoms with Gasteiger partial charge in [-0.1, -0.05) is 78.4 Å². The van der Waals surface area contributed by atoms with Crippen molar-refractivity contribution in [2.45, 2.75) is 26.0 Å². The third kappa shape index (κ3) is 6.84. The third-order valence-electron chi connectivity index (χ3n) is 4.74. The molecule has 3 nitrogen and oxygen atoms in total. The van der Waals surface area contributed by atoms with Crippen LogP contribution in [0.4, 0.5) is 0 Å². The van der Waals surface area contributed by atoms with Crippen molar-refractivity contribution in [3.05, 3.63) is 102 Å². The minimum absolute atomic E-state index is 0.291. The lowest BCUT2D eigenvalue weighted by Gasteiger charge is -2.25. The number of aliphatic hydroxyl groups is 1. The Labute approximate surface area is 168 Å². The fourth-order valence-corrected chi connectivity index (χ4v) is 3.19. The van der Waals surface area contributed by atoms with Crippen LogP contribution in [0, 0.1) is 6.92 Å². The molecule has 0 aliphatic carbocycles. The van der Waals surface area contributed by atoms with Crippen LogP contribution in [0.3, 0.4) is 0 Å². The standard InChI is InChI=1S/C25H29NO2/c1-21-12-14-25(15-13-21)28-20-24(27)19-26(18-23-10-6-3-7-11-23)17-16-22-8-4-2-5-9-22/h2-15,24,27H,16-20H2,1H3. The van der Waals surface area contributed by atoms with Gasteiger partial charge in [-0.3, -0.25) is 4.90 Å². The molecule has 0 fully saturated rings. The van der Waals surface area contributed by atoms with Gasteiger partial charge in [0, 0.05) is 19.6 Å². The lowest BCUT2D eigenvalue weighted by Crippen LogP contribution is -2.36. The summed E-state index contributed by atoms with van der Waals surface area (Å²) in [6, 6.07) is 28.8. The van der Waals surface area contributed by atoms with Crippen molar-refractivity contribution in [2.75, 3.05) is 19.7 Å². The first-order chi connectivity index (χ1) is 13.7. The summed E-state index contributed by atoms with van der Waals surface area (Å²) < 4.78 is 5.76. The second kappa shape index (κ2) is 10.6. The quantitative estimate of drug-likeness (QED) is 0.567. The van der Waals surface area contributed by atoms with E-state index in [4.69, 9.17) is 4.74 Å². The third-order valence-corrected chi connectivity index (χ3v) is 4.74. The van der Waals surface area contributed by atoms with Crippen LogP contribution in [0.25, 0.3) is 0 Å². The zero-order chi connectivity index (χ0) is 19.6. The zero-order valence-corrected chi connectivity index (χ0v) is 16.5. The smallest absolute Gasteiger partial charge is 0.119 e. The maximum atomic E-state index is 10.5. The topological polar surface area (TPSA) is 32.7 Å². The molecule has 0 aliphatic rings. The first-order valence-electron chi connectivity index (χ1n) is 9.87. The largest absolute Gasteiger partial charge is 0.491 e. The van der Waals surface area contributed by atoms with Crippen LogP contribution >= 0.6 is 0 Å². The van der Waals surface area contributed by atoms with Crippen molar-refractivity contribution in [3.8, 4) is 5.75 Å². The Morgan fingerprint density at radius 3 is 2.07 bits per heavy atom. The average Bonchev–Trinajstić information content (AvgIpc) is 2.73. The monoisotopic (exact) mass is 375 g/mol. The number of benzene rings is 3. The van der Waals surface area contributed by atoms with Gasteiger partial charge >= 0.3 is 0 Å². The van der Waals surface area contributed by atoms with Gasteiger partial charge in [-0.15, -0.1) is 0 Å². The van der Waals surface area contributed by atoms with Crippen molar-refractivity contribution >= 4 is 0 Å². The molecule has 1 unspecified atom stereocenters. The number of ether oxygens (including phenoxy) is 1. The summed E-state index contributed by atoms with van der Waals surface area (Å²) in [6.07, 6.45) is 0.417. The molecule has 3 aromatic carbocycles. The maximum Gasteiger partial charge on any atom is 0.119 e. The molecule has 146 valence electrons. The van der Waals surface area contributed by atoms with Gasteiger partial charge in [0.1, 0.15) is 18.5 Å². The molecule has 0 radical (unpaired) electrons. The highest BCUT2D eigenvalue weighted by molar-refractivity contribution is 5.26. The molecule has 0 aromatic heterocycles. The minimum atomic E-state index is -0.541. The van der Waals surface area contributed by atoms with Gasteiger partial charge in [-0.2, -0.15) is 0 Å². The summed E-state index contributed by atoms with van der Waals surface area (Å²) in [5, 5.41) is 10.5. The van der Waals surface area contributed by atoms with Gasteiger partial charge in [0.15, 0.2) is 0 Å². The van der Waals surface area contributed by atoms with Crippen LogP contribution in [0.5, 0.6) is 5.75 Å². The molecule has 0 amide bonds. The predicted molar refractivity (Wildman–Crippen MR) is 115 cm³/mol. The van der Waals surface area contributed by atoms with Crippen LogP contribution in [0.2, 0.25) is 0 Å². The fraction of sp³-hybridized carbons (Fsp3) is 0.280. The summed E-state index contributed by atoms with van der Waals surface area (Å²) >= 11 is 0. The van der Waals surface area contributed by atoms with E-state index in [-0.39, 0.29) is 0 Å². The Balaban J connectivity index is 1.56. The average molecular weight is 376 g/mol. The summed E-state index contributed by atoms with van der Waals surface area (Å²) in [5.74, 6) is 0.795. The summed E-state index contributed by atoms with van der Waals surface area (Å²) in [5.41, 5.74) is 3.76. The van der Waals surface area contributed by atoms with E-state index in [0.29, 0.717) is 13.2 Å². The predicted octanol–water partition coefficient (Wildman–Crippen LogP) is 4.48. The van der Waals surface area contributed by atoms with E-state index < -0.39 is 6.10 Å². The van der Waals surface area contributed by atoms with Gasteiger partial charge in [0.05, 0.1) is 0 Å². The van der Waals surface area contributed by atoms with Crippen LogP contribution in [0.1, 0.15) is 16.7 Å². The molecule has 1 atom stereocenters. The van der Waals surface area contributed by atoms with E-state index in [1.165, 1.54) is 16.7 Å². The van der Waals surface area contributed by atoms with E-state index in [9.17, 15) is 5.11 Å². The lowest BCUT2D eigenvalue weighted by atomic mass is 10.1. The molecule has 3 aromatic rings. The van der Waals surface area contributed by atoms with Crippen LogP contribution in [-0.2, 0) is 13.0 Å². The first kappa shape index (κ1) is 20.1. The summed E-state index contributed by atoms with van der Waals surface area (Å²) in [4.78, 5) is 2.30. The van der Waals surface area contributed by atoms with Gasteiger partial charge in [0.2, 0.25) is 0 Å². The molecular weight excluding hydrogens is 346 g/mol. The van der Waals surface area contributed by atoms with Crippen molar-refractivity contribution in [2.24, 2.45) is 0 Å². The van der Waals surface area contributed by atoms with Gasteiger partial charge in [0.25, 0.3) is 0 Å². The number of aliphatic hydroxyl groups excluding tert-OH is 1. The summed E-state index contributed by atoms with van der Waals surface area (Å²) in [7, 11) is 0. The van der Waals surface area contributed by atoms with Crippen molar-refractivity contribution in [1.82, 2.24) is 4.90 Å². The Kier molecular flexibility index (Phi) is 7.65. The zero-order valence-electron chi connectivity index (χ0n) is 16.5. The Morgan fingerprint density at radius 2 is 1.43 bits per heavy atom. The second-order valence-electron chi connectivity index (χ2n) is 7.23. The van der Waals surface area contributed by atoms with E-state index in [0.717, 1.165) is 25.3 Å². The molecule has 3 heteroatoms. The Morgan fingerprint density at radius 1 is 0.821 bits per heavy atom. The summed E-state index contributed by atoms with van der Waals surface area (Å²) in [6.45, 7) is 4.62. The second-order valence-corrected chi connectivity index (χ2v) is 7.23. The normalized spacial score (nSPS) is 12.1. The molecule has 0 bridgehead atoms. The van der Waals surface area contributed by atoms with E-state index in [2.05, 4.69) is 53.4 Å². The van der Waals surface area contributed by atoms with Crippen molar-refractivity contribution in [3.63, 3.8) is 0 Å². The van der Waals surface area contributed by atoms with E-state index in [1.807, 2.05) is 43.3 Å². The Bertz CT molecular complexity index is 803. The van der Waals surface area contributed by atoms with Crippen molar-refractivity contribution in [1.29, 1.82) is 0 Å². The Hall–Kier alpha value is -2.62. The van der Waals surface area contributed by atoms with Gasteiger partial charge < -0.3 is 9.84 Å². The molecule has 0 heterocycles. The molecule has 0 saturated heterocycles. The van der Waals surface area contributed by atoms with Crippen molar-refractivity contribution < 1.29 is 9.84 Å². The highest BCUT2D eigenvalue weighted by atomic mass is 16.5. The SMILES string of the molecule is Cc1ccc(OCC(O)CN(CCc2ccccc2)Cc2ccccc2)cc1. The highest BCUT2D eigenvalue weighted by Gasteiger charge is 2.13. The molecule has 28 heavy (non-hydrogen) atoms. The number of hydrogen-bond donors (Lipinski definition) is 1. The lowest BCUT2D eigenvalue weighted by molar-refractivity contribution is 0.0659. The van der Waals surface area contributed by atoms with Gasteiger partial charge in [-0.05, 0) is 36.6 Å². The molecule has 0 saturated carbocycles. The number of aryl methyl sites for hydroxylation is 1. The number of hydrogen-bond acceptors (Lipinski definition) is 3. The van der Waals surface area contributed by atoms with E-state index >= 15 is 0 Å². The minimum Gasteiger partial charge on any atom is -0.491 e. The molecule has 0 aliphatic heterocycles. The molecule has 0 spiro atoms. The first-order valence-corrected chi connectivity index (χ1v) is 9.87. The van der Waals surface area contributed by atoms with Crippen LogP contribution in [0.15, 0.2) is 84.9 Å². The molecular formula is C25H29NO2. The van der Waals surface area contributed by atoms with E-state index in [1.54, 1.807) is 0 Å². The van der Waals surface area contributed by atoms with Crippen LogP contribution in [-0.4, -0.2) is 35.8 Å².